The Balaban J connectivity index is 2.03. The molecule has 0 aliphatic heterocycles. The first-order chi connectivity index (χ1) is 11.5. The van der Waals surface area contributed by atoms with Crippen molar-refractivity contribution in [1.29, 1.82) is 0 Å². The van der Waals surface area contributed by atoms with Gasteiger partial charge in [0.25, 0.3) is 6.43 Å². The summed E-state index contributed by atoms with van der Waals surface area (Å²) in [5.41, 5.74) is 0.615. The number of hydrogen-bond acceptors (Lipinski definition) is 3. The molecule has 0 radical (unpaired) electrons. The van der Waals surface area contributed by atoms with E-state index in [0.29, 0.717) is 10.9 Å². The molecule has 2 aromatic carbocycles. The molecule has 0 fully saturated rings. The highest BCUT2D eigenvalue weighted by Crippen LogP contribution is 2.27. The largest absolute Gasteiger partial charge is 0.355 e. The summed E-state index contributed by atoms with van der Waals surface area (Å²) in [5.74, 6) is -1.70. The van der Waals surface area contributed by atoms with Crippen molar-refractivity contribution in [3.63, 3.8) is 0 Å². The lowest BCUT2D eigenvalue weighted by Crippen LogP contribution is -2.20. The summed E-state index contributed by atoms with van der Waals surface area (Å²) in [4.78, 5) is 9.29. The Hall–Kier alpha value is -2.70. The lowest BCUT2D eigenvalue weighted by Gasteiger charge is -2.21. The van der Waals surface area contributed by atoms with Crippen LogP contribution in [0.3, 0.4) is 0 Å². The minimum absolute atomic E-state index is 0.0514. The fourth-order valence-corrected chi connectivity index (χ4v) is 2.45. The predicted molar refractivity (Wildman–Crippen MR) is 83.0 cm³/mol. The number of halogens is 4. The van der Waals surface area contributed by atoms with Gasteiger partial charge in [0, 0.05) is 30.6 Å². The highest BCUT2D eigenvalue weighted by Gasteiger charge is 2.18. The van der Waals surface area contributed by atoms with Crippen molar-refractivity contribution in [3.05, 3.63) is 65.5 Å². The maximum atomic E-state index is 13.8. The van der Waals surface area contributed by atoms with E-state index in [0.717, 1.165) is 12.1 Å². The molecule has 3 nitrogen and oxygen atoms in total. The predicted octanol–water partition coefficient (Wildman–Crippen LogP) is 4.48. The number of rotatable bonds is 4. The van der Waals surface area contributed by atoms with Gasteiger partial charge in [-0.05, 0) is 18.2 Å². The summed E-state index contributed by atoms with van der Waals surface area (Å²) in [6.45, 7) is 0.0514. The van der Waals surface area contributed by atoms with Crippen molar-refractivity contribution in [3.8, 4) is 0 Å². The highest BCUT2D eigenvalue weighted by atomic mass is 19.3. The minimum atomic E-state index is -2.82. The third-order valence-electron chi connectivity index (χ3n) is 3.58. The maximum Gasteiger partial charge on any atom is 0.297 e. The molecule has 7 heteroatoms. The van der Waals surface area contributed by atoms with Crippen LogP contribution in [-0.4, -0.2) is 17.0 Å². The van der Waals surface area contributed by atoms with Crippen molar-refractivity contribution in [2.24, 2.45) is 0 Å². The summed E-state index contributed by atoms with van der Waals surface area (Å²) in [6, 6.07) is 9.99. The minimum Gasteiger partial charge on any atom is -0.355 e. The summed E-state index contributed by atoms with van der Waals surface area (Å²) >= 11 is 0. The molecular weight excluding hydrogens is 322 g/mol. The van der Waals surface area contributed by atoms with Crippen LogP contribution in [0.5, 0.6) is 0 Å². The first-order valence-corrected chi connectivity index (χ1v) is 7.15. The first-order valence-electron chi connectivity index (χ1n) is 7.15. The zero-order valence-electron chi connectivity index (χ0n) is 12.7. The Kier molecular flexibility index (Phi) is 4.33. The maximum absolute atomic E-state index is 13.8. The molecule has 0 amide bonds. The van der Waals surface area contributed by atoms with Crippen LogP contribution in [-0.2, 0) is 6.54 Å². The normalized spacial score (nSPS) is 11.2. The van der Waals surface area contributed by atoms with Crippen molar-refractivity contribution in [1.82, 2.24) is 9.97 Å². The number of anilines is 1. The van der Waals surface area contributed by atoms with E-state index in [1.807, 2.05) is 0 Å². The van der Waals surface area contributed by atoms with Gasteiger partial charge < -0.3 is 4.90 Å². The Labute approximate surface area is 135 Å². The van der Waals surface area contributed by atoms with Crippen molar-refractivity contribution in [2.75, 3.05) is 11.9 Å². The zero-order chi connectivity index (χ0) is 17.3. The topological polar surface area (TPSA) is 29.0 Å². The van der Waals surface area contributed by atoms with Crippen LogP contribution in [0.2, 0.25) is 0 Å². The summed E-state index contributed by atoms with van der Waals surface area (Å²) < 4.78 is 52.9. The van der Waals surface area contributed by atoms with Gasteiger partial charge in [0.1, 0.15) is 17.5 Å². The number of nitrogens with zero attached hydrogens (tertiary/aromatic N) is 3. The highest BCUT2D eigenvalue weighted by molar-refractivity contribution is 5.89. The van der Waals surface area contributed by atoms with E-state index < -0.39 is 23.9 Å². The molecule has 0 N–H and O–H groups in total. The van der Waals surface area contributed by atoms with Gasteiger partial charge in [0.05, 0.1) is 5.52 Å². The molecule has 0 aliphatic rings. The van der Waals surface area contributed by atoms with Crippen molar-refractivity contribution >= 4 is 16.7 Å². The van der Waals surface area contributed by atoms with Crippen LogP contribution in [0.15, 0.2) is 42.5 Å². The number of aromatic nitrogens is 2. The Morgan fingerprint density at radius 1 is 1.04 bits per heavy atom. The molecule has 124 valence electrons. The summed E-state index contributed by atoms with van der Waals surface area (Å²) in [6.07, 6.45) is -2.82. The van der Waals surface area contributed by atoms with Gasteiger partial charge in [-0.2, -0.15) is 0 Å². The van der Waals surface area contributed by atoms with Crippen LogP contribution in [0.25, 0.3) is 10.9 Å². The number of fused-ring (bicyclic) bond motifs is 1. The standard InChI is InChI=1S/C17H13F4N3/c1-24(9-10-6-7-11(18)8-13(10)19)17-12-4-2-3-5-14(12)22-16(23-17)15(20)21/h2-8,15H,9H2,1H3. The second-order valence-electron chi connectivity index (χ2n) is 5.32. The van der Waals surface area contributed by atoms with Gasteiger partial charge in [-0.3, -0.25) is 0 Å². The molecule has 1 heterocycles. The Morgan fingerprint density at radius 2 is 1.79 bits per heavy atom. The van der Waals surface area contributed by atoms with Gasteiger partial charge in [0.2, 0.25) is 0 Å². The van der Waals surface area contributed by atoms with Crippen LogP contribution in [0.1, 0.15) is 17.8 Å². The van der Waals surface area contributed by atoms with E-state index in [4.69, 9.17) is 0 Å². The molecule has 0 aliphatic carbocycles. The number of alkyl halides is 2. The average Bonchev–Trinajstić information content (AvgIpc) is 2.56. The fourth-order valence-electron chi connectivity index (χ4n) is 2.45. The zero-order valence-corrected chi connectivity index (χ0v) is 12.7. The molecule has 0 bridgehead atoms. The van der Waals surface area contributed by atoms with E-state index >= 15 is 0 Å². The number of para-hydroxylation sites is 1. The van der Waals surface area contributed by atoms with Gasteiger partial charge in [0.15, 0.2) is 5.82 Å². The van der Waals surface area contributed by atoms with E-state index in [2.05, 4.69) is 9.97 Å². The molecule has 0 spiro atoms. The molecule has 3 rings (SSSR count). The monoisotopic (exact) mass is 335 g/mol. The first kappa shape index (κ1) is 16.2. The van der Waals surface area contributed by atoms with Gasteiger partial charge in [-0.1, -0.05) is 18.2 Å². The SMILES string of the molecule is CN(Cc1ccc(F)cc1F)c1nc(C(F)F)nc2ccccc12. The molecule has 0 saturated carbocycles. The van der Waals surface area contributed by atoms with Crippen LogP contribution < -0.4 is 4.90 Å². The van der Waals surface area contributed by atoms with Gasteiger partial charge >= 0.3 is 0 Å². The van der Waals surface area contributed by atoms with Crippen LogP contribution >= 0.6 is 0 Å². The lowest BCUT2D eigenvalue weighted by molar-refractivity contribution is 0.141. The molecule has 1 aromatic heterocycles. The summed E-state index contributed by atoms with van der Waals surface area (Å²) in [5, 5.41) is 0.576. The van der Waals surface area contributed by atoms with E-state index in [1.54, 1.807) is 31.3 Å². The third-order valence-corrected chi connectivity index (χ3v) is 3.58. The fraction of sp³-hybridized carbons (Fsp3) is 0.176. The van der Waals surface area contributed by atoms with Crippen LogP contribution in [0.4, 0.5) is 23.4 Å². The number of hydrogen-bond donors (Lipinski definition) is 0. The van der Waals surface area contributed by atoms with E-state index in [9.17, 15) is 17.6 Å². The number of benzene rings is 2. The second kappa shape index (κ2) is 6.43. The summed E-state index contributed by atoms with van der Waals surface area (Å²) in [7, 11) is 1.60. The third kappa shape index (κ3) is 3.15. The Bertz CT molecular complexity index is 883. The van der Waals surface area contributed by atoms with E-state index in [1.165, 1.54) is 11.0 Å². The molecule has 0 saturated heterocycles. The second-order valence-corrected chi connectivity index (χ2v) is 5.32. The molecular formula is C17H13F4N3. The van der Waals surface area contributed by atoms with E-state index in [-0.39, 0.29) is 17.9 Å². The molecule has 0 unspecified atom stereocenters. The van der Waals surface area contributed by atoms with Gasteiger partial charge in [-0.25, -0.2) is 27.5 Å². The van der Waals surface area contributed by atoms with Crippen molar-refractivity contribution < 1.29 is 17.6 Å². The molecule has 3 aromatic rings. The lowest BCUT2D eigenvalue weighted by atomic mass is 10.1. The van der Waals surface area contributed by atoms with Gasteiger partial charge in [-0.15, -0.1) is 0 Å². The molecule has 24 heavy (non-hydrogen) atoms. The van der Waals surface area contributed by atoms with Crippen molar-refractivity contribution in [2.45, 2.75) is 13.0 Å². The quantitative estimate of drug-likeness (QED) is 0.658. The smallest absolute Gasteiger partial charge is 0.297 e. The Morgan fingerprint density at radius 3 is 2.50 bits per heavy atom. The van der Waals surface area contributed by atoms with Crippen LogP contribution in [0, 0.1) is 11.6 Å². The molecule has 0 atom stereocenters. The average molecular weight is 335 g/mol.